The summed E-state index contributed by atoms with van der Waals surface area (Å²) in [6, 6.07) is 11.1. The summed E-state index contributed by atoms with van der Waals surface area (Å²) in [6.45, 7) is 8.31. The van der Waals surface area contributed by atoms with E-state index in [1.165, 1.54) is 6.07 Å². The third-order valence-electron chi connectivity index (χ3n) is 3.69. The van der Waals surface area contributed by atoms with E-state index < -0.39 is 4.92 Å². The topological polar surface area (TPSA) is 52.4 Å². The number of ether oxygens (including phenoxy) is 1. The highest BCUT2D eigenvalue weighted by molar-refractivity contribution is 14.1. The van der Waals surface area contributed by atoms with Crippen LogP contribution in [0.1, 0.15) is 50.7 Å². The lowest BCUT2D eigenvalue weighted by molar-refractivity contribution is -0.385. The summed E-state index contributed by atoms with van der Waals surface area (Å²) in [6.07, 6.45) is 0. The molecule has 0 radical (unpaired) electrons. The summed E-state index contributed by atoms with van der Waals surface area (Å²) in [7, 11) is 0. The van der Waals surface area contributed by atoms with Crippen molar-refractivity contribution in [1.29, 1.82) is 0 Å². The lowest BCUT2D eigenvalue weighted by Crippen LogP contribution is -1.98. The second-order valence-electron chi connectivity index (χ2n) is 6.09. The average molecular weight is 425 g/mol. The van der Waals surface area contributed by atoms with Crippen LogP contribution in [0.15, 0.2) is 36.4 Å². The van der Waals surface area contributed by atoms with Crippen molar-refractivity contribution in [3.05, 3.63) is 61.2 Å². The normalized spacial score (nSPS) is 11.1. The smallest absolute Gasteiger partial charge is 0.311 e. The molecule has 0 unspecified atom stereocenters. The van der Waals surface area contributed by atoms with Crippen molar-refractivity contribution in [1.82, 2.24) is 0 Å². The van der Waals surface area contributed by atoms with E-state index >= 15 is 0 Å². The molecule has 0 heterocycles. The van der Waals surface area contributed by atoms with E-state index in [1.54, 1.807) is 12.1 Å². The first-order valence-corrected chi connectivity index (χ1v) is 8.63. The lowest BCUT2D eigenvalue weighted by atomic mass is 10.0. The SMILES string of the molecule is CC(C)c1ccc(I)c(Oc2cc(C(C)C)ccc2[N+](=O)[O-])c1. The number of rotatable bonds is 5. The van der Waals surface area contributed by atoms with E-state index in [9.17, 15) is 10.1 Å². The number of halogens is 1. The maximum Gasteiger partial charge on any atom is 0.311 e. The summed E-state index contributed by atoms with van der Waals surface area (Å²) in [4.78, 5) is 10.9. The van der Waals surface area contributed by atoms with Gasteiger partial charge in [-0.2, -0.15) is 0 Å². The molecule has 0 spiro atoms. The van der Waals surface area contributed by atoms with Gasteiger partial charge in [-0.25, -0.2) is 0 Å². The highest BCUT2D eigenvalue weighted by Crippen LogP contribution is 2.36. The monoisotopic (exact) mass is 425 g/mol. The van der Waals surface area contributed by atoms with E-state index in [0.717, 1.165) is 14.7 Å². The van der Waals surface area contributed by atoms with Crippen LogP contribution in [0.4, 0.5) is 5.69 Å². The van der Waals surface area contributed by atoms with Crippen LogP contribution in [0.2, 0.25) is 0 Å². The maximum atomic E-state index is 11.3. The molecule has 2 rings (SSSR count). The summed E-state index contributed by atoms with van der Waals surface area (Å²) >= 11 is 2.18. The quantitative estimate of drug-likeness (QED) is 0.324. The van der Waals surface area contributed by atoms with Crippen molar-refractivity contribution in [3.8, 4) is 11.5 Å². The Morgan fingerprint density at radius 3 is 2.00 bits per heavy atom. The molecule has 4 nitrogen and oxygen atoms in total. The van der Waals surface area contributed by atoms with Crippen LogP contribution >= 0.6 is 22.6 Å². The van der Waals surface area contributed by atoms with Crippen LogP contribution in [0.3, 0.4) is 0 Å². The zero-order valence-electron chi connectivity index (χ0n) is 13.7. The number of benzene rings is 2. The first-order valence-electron chi connectivity index (χ1n) is 7.55. The molecule has 122 valence electrons. The molecule has 0 atom stereocenters. The van der Waals surface area contributed by atoms with Gasteiger partial charge in [-0.3, -0.25) is 10.1 Å². The number of hydrogen-bond donors (Lipinski definition) is 0. The van der Waals surface area contributed by atoms with Gasteiger partial charge in [-0.15, -0.1) is 0 Å². The number of nitro groups is 1. The summed E-state index contributed by atoms with van der Waals surface area (Å²) in [5, 5.41) is 11.3. The highest BCUT2D eigenvalue weighted by Gasteiger charge is 2.18. The van der Waals surface area contributed by atoms with Crippen LogP contribution < -0.4 is 4.74 Å². The minimum Gasteiger partial charge on any atom is -0.449 e. The minimum atomic E-state index is -0.404. The number of nitrogens with zero attached hydrogens (tertiary/aromatic N) is 1. The van der Waals surface area contributed by atoms with Gasteiger partial charge in [-0.05, 0) is 63.8 Å². The zero-order chi connectivity index (χ0) is 17.1. The molecule has 0 aliphatic rings. The van der Waals surface area contributed by atoms with Crippen molar-refractivity contribution in [2.24, 2.45) is 0 Å². The maximum absolute atomic E-state index is 11.3. The van der Waals surface area contributed by atoms with Gasteiger partial charge in [0, 0.05) is 6.07 Å². The Kier molecular flexibility index (Phi) is 5.62. The van der Waals surface area contributed by atoms with Crippen LogP contribution in [-0.2, 0) is 0 Å². The van der Waals surface area contributed by atoms with Crippen molar-refractivity contribution in [2.75, 3.05) is 0 Å². The molecule has 0 bridgehead atoms. The highest BCUT2D eigenvalue weighted by atomic mass is 127. The summed E-state index contributed by atoms with van der Waals surface area (Å²) in [5.74, 6) is 1.59. The summed E-state index contributed by atoms with van der Waals surface area (Å²) < 4.78 is 6.86. The fourth-order valence-electron chi connectivity index (χ4n) is 2.20. The molecule has 0 saturated heterocycles. The molecule has 2 aromatic carbocycles. The first kappa shape index (κ1) is 17.7. The average Bonchev–Trinajstić information content (AvgIpc) is 2.48. The summed E-state index contributed by atoms with van der Waals surface area (Å²) in [5.41, 5.74) is 2.14. The molecule has 5 heteroatoms. The van der Waals surface area contributed by atoms with Gasteiger partial charge in [0.15, 0.2) is 0 Å². The van der Waals surface area contributed by atoms with Crippen molar-refractivity contribution in [3.63, 3.8) is 0 Å². The van der Waals surface area contributed by atoms with Crippen LogP contribution in [0, 0.1) is 13.7 Å². The molecule has 0 aliphatic heterocycles. The Morgan fingerprint density at radius 1 is 0.957 bits per heavy atom. The van der Waals surface area contributed by atoms with Gasteiger partial charge in [0.1, 0.15) is 5.75 Å². The van der Waals surface area contributed by atoms with Crippen LogP contribution in [-0.4, -0.2) is 4.92 Å². The standard InChI is InChI=1S/C18H20INO3/c1-11(2)13-5-7-15(19)17(9-13)23-18-10-14(12(3)4)6-8-16(18)20(21)22/h5-12H,1-4H3. The first-order chi connectivity index (χ1) is 10.8. The Morgan fingerprint density at radius 2 is 1.48 bits per heavy atom. The molecule has 0 saturated carbocycles. The molecule has 2 aromatic rings. The van der Waals surface area contributed by atoms with Crippen molar-refractivity contribution < 1.29 is 9.66 Å². The van der Waals surface area contributed by atoms with E-state index in [2.05, 4.69) is 42.5 Å². The molecule has 0 aliphatic carbocycles. The molecule has 0 fully saturated rings. The van der Waals surface area contributed by atoms with E-state index in [1.807, 2.05) is 26.0 Å². The zero-order valence-corrected chi connectivity index (χ0v) is 15.8. The fraction of sp³-hybridized carbons (Fsp3) is 0.333. The number of hydrogen-bond acceptors (Lipinski definition) is 3. The fourth-order valence-corrected chi connectivity index (χ4v) is 2.64. The molecule has 0 N–H and O–H groups in total. The Labute approximate surface area is 150 Å². The predicted molar refractivity (Wildman–Crippen MR) is 101 cm³/mol. The van der Waals surface area contributed by atoms with Gasteiger partial charge in [-0.1, -0.05) is 39.8 Å². The number of nitro benzene ring substituents is 1. The Hall–Kier alpha value is -1.63. The predicted octanol–water partition coefficient (Wildman–Crippen LogP) is 6.24. The van der Waals surface area contributed by atoms with E-state index in [-0.39, 0.29) is 11.6 Å². The Bertz CT molecular complexity index is 726. The van der Waals surface area contributed by atoms with E-state index in [0.29, 0.717) is 17.4 Å². The molecule has 0 aromatic heterocycles. The third-order valence-corrected chi connectivity index (χ3v) is 4.58. The third kappa shape index (κ3) is 4.22. The Balaban J connectivity index is 2.48. The molecular formula is C18H20INO3. The van der Waals surface area contributed by atoms with Crippen molar-refractivity contribution >= 4 is 28.3 Å². The molecule has 0 amide bonds. The van der Waals surface area contributed by atoms with Gasteiger partial charge in [0.05, 0.1) is 8.49 Å². The van der Waals surface area contributed by atoms with Crippen LogP contribution in [0.25, 0.3) is 0 Å². The second kappa shape index (κ2) is 7.29. The molecular weight excluding hydrogens is 405 g/mol. The second-order valence-corrected chi connectivity index (χ2v) is 7.25. The van der Waals surface area contributed by atoms with Gasteiger partial charge in [0.25, 0.3) is 0 Å². The lowest BCUT2D eigenvalue weighted by Gasteiger charge is -2.13. The largest absolute Gasteiger partial charge is 0.449 e. The van der Waals surface area contributed by atoms with Crippen molar-refractivity contribution in [2.45, 2.75) is 39.5 Å². The van der Waals surface area contributed by atoms with E-state index in [4.69, 9.17) is 4.74 Å². The van der Waals surface area contributed by atoms with Gasteiger partial charge in [0.2, 0.25) is 5.75 Å². The minimum absolute atomic E-state index is 0.0137. The molecule has 23 heavy (non-hydrogen) atoms. The van der Waals surface area contributed by atoms with Crippen LogP contribution in [0.5, 0.6) is 11.5 Å². The van der Waals surface area contributed by atoms with Gasteiger partial charge >= 0.3 is 5.69 Å². The van der Waals surface area contributed by atoms with Gasteiger partial charge < -0.3 is 4.74 Å².